The molecule has 19 heavy (non-hydrogen) atoms. The molecule has 2 N–H and O–H groups in total. The minimum Gasteiger partial charge on any atom is -0.480 e. The maximum Gasteiger partial charge on any atom is 0.358 e. The molecule has 1 atom stereocenters. The number of carbonyl (C=O) groups excluding carboxylic acids is 1. The lowest BCUT2D eigenvalue weighted by Crippen LogP contribution is -2.31. The van der Waals surface area contributed by atoms with Crippen molar-refractivity contribution in [1.29, 1.82) is 0 Å². The first-order chi connectivity index (χ1) is 9.08. The molecule has 1 heterocycles. The molecule has 104 valence electrons. The minimum absolute atomic E-state index is 0.00313. The van der Waals surface area contributed by atoms with Crippen LogP contribution in [0.15, 0.2) is 12.4 Å². The van der Waals surface area contributed by atoms with E-state index in [1.54, 1.807) is 0 Å². The van der Waals surface area contributed by atoms with Crippen LogP contribution in [-0.2, 0) is 14.3 Å². The zero-order valence-electron chi connectivity index (χ0n) is 10.6. The standard InChI is InChI=1S/C11H15N3O5/c1-18-4-3-7(10(15)16)13-9-6-12-5-8(14-9)11(17)19-2/h5-7H,3-4H2,1-2H3,(H,13,14)(H,15,16). The van der Waals surface area contributed by atoms with E-state index >= 15 is 0 Å². The fourth-order valence-electron chi connectivity index (χ4n) is 1.31. The average Bonchev–Trinajstić information content (AvgIpc) is 2.42. The number of anilines is 1. The molecule has 1 rings (SSSR count). The van der Waals surface area contributed by atoms with Gasteiger partial charge in [0, 0.05) is 20.1 Å². The van der Waals surface area contributed by atoms with E-state index in [9.17, 15) is 9.59 Å². The minimum atomic E-state index is -1.04. The van der Waals surface area contributed by atoms with Gasteiger partial charge in [-0.2, -0.15) is 0 Å². The van der Waals surface area contributed by atoms with Crippen molar-refractivity contribution in [2.45, 2.75) is 12.5 Å². The van der Waals surface area contributed by atoms with Gasteiger partial charge in [-0.15, -0.1) is 0 Å². The number of hydrogen-bond donors (Lipinski definition) is 2. The molecule has 0 saturated carbocycles. The first-order valence-electron chi connectivity index (χ1n) is 5.47. The van der Waals surface area contributed by atoms with Gasteiger partial charge in [0.2, 0.25) is 0 Å². The van der Waals surface area contributed by atoms with E-state index in [2.05, 4.69) is 20.0 Å². The smallest absolute Gasteiger partial charge is 0.358 e. The molecule has 0 saturated heterocycles. The lowest BCUT2D eigenvalue weighted by Gasteiger charge is -2.14. The van der Waals surface area contributed by atoms with E-state index in [1.165, 1.54) is 26.6 Å². The van der Waals surface area contributed by atoms with Gasteiger partial charge in [0.25, 0.3) is 0 Å². The van der Waals surface area contributed by atoms with Crippen molar-refractivity contribution >= 4 is 17.8 Å². The Morgan fingerprint density at radius 2 is 2.16 bits per heavy atom. The molecule has 0 bridgehead atoms. The summed E-state index contributed by atoms with van der Waals surface area (Å²) in [5.41, 5.74) is 0.00313. The number of carboxylic acid groups (broad SMARTS) is 1. The maximum absolute atomic E-state index is 11.3. The van der Waals surface area contributed by atoms with Gasteiger partial charge < -0.3 is 19.9 Å². The number of ether oxygens (including phenoxy) is 2. The molecule has 8 nitrogen and oxygen atoms in total. The quantitative estimate of drug-likeness (QED) is 0.674. The van der Waals surface area contributed by atoms with Crippen LogP contribution in [0.3, 0.4) is 0 Å². The Bertz CT molecular complexity index is 452. The highest BCUT2D eigenvalue weighted by atomic mass is 16.5. The Morgan fingerprint density at radius 1 is 1.42 bits per heavy atom. The lowest BCUT2D eigenvalue weighted by molar-refractivity contribution is -0.138. The molecule has 0 fully saturated rings. The number of carboxylic acids is 1. The molecule has 0 aromatic carbocycles. The molecule has 0 radical (unpaired) electrons. The zero-order valence-corrected chi connectivity index (χ0v) is 10.6. The molecule has 0 aliphatic rings. The predicted molar refractivity (Wildman–Crippen MR) is 64.9 cm³/mol. The second-order valence-corrected chi connectivity index (χ2v) is 3.60. The van der Waals surface area contributed by atoms with Gasteiger partial charge in [-0.25, -0.2) is 14.6 Å². The van der Waals surface area contributed by atoms with Gasteiger partial charge in [0.05, 0.1) is 19.5 Å². The summed E-state index contributed by atoms with van der Waals surface area (Å²) in [4.78, 5) is 30.0. The third-order valence-electron chi connectivity index (χ3n) is 2.26. The molecule has 1 aromatic heterocycles. The van der Waals surface area contributed by atoms with Crippen molar-refractivity contribution < 1.29 is 24.2 Å². The average molecular weight is 269 g/mol. The monoisotopic (exact) mass is 269 g/mol. The Kier molecular flexibility index (Phi) is 5.68. The number of rotatable bonds is 7. The summed E-state index contributed by atoms with van der Waals surface area (Å²) in [6.45, 7) is 0.286. The van der Waals surface area contributed by atoms with Crippen LogP contribution in [0.5, 0.6) is 0 Å². The molecule has 0 aliphatic heterocycles. The van der Waals surface area contributed by atoms with Gasteiger partial charge in [-0.3, -0.25) is 4.98 Å². The third-order valence-corrected chi connectivity index (χ3v) is 2.26. The summed E-state index contributed by atoms with van der Waals surface area (Å²) in [5.74, 6) is -1.49. The highest BCUT2D eigenvalue weighted by Gasteiger charge is 2.18. The molecular formula is C11H15N3O5. The van der Waals surface area contributed by atoms with Gasteiger partial charge >= 0.3 is 11.9 Å². The van der Waals surface area contributed by atoms with Gasteiger partial charge in [-0.1, -0.05) is 0 Å². The van der Waals surface area contributed by atoms with Crippen molar-refractivity contribution in [3.05, 3.63) is 18.1 Å². The van der Waals surface area contributed by atoms with Crippen molar-refractivity contribution in [3.63, 3.8) is 0 Å². The number of methoxy groups -OCH3 is 2. The van der Waals surface area contributed by atoms with Crippen molar-refractivity contribution in [2.75, 3.05) is 26.1 Å². The number of aromatic nitrogens is 2. The molecule has 0 spiro atoms. The van der Waals surface area contributed by atoms with Crippen LogP contribution >= 0.6 is 0 Å². The predicted octanol–water partition coefficient (Wildman–Crippen LogP) is 0.165. The van der Waals surface area contributed by atoms with Crippen LogP contribution in [0.4, 0.5) is 5.82 Å². The largest absolute Gasteiger partial charge is 0.480 e. The Labute approximate surface area is 109 Å². The van der Waals surface area contributed by atoms with Crippen molar-refractivity contribution in [2.24, 2.45) is 0 Å². The normalized spacial score (nSPS) is 11.7. The second kappa shape index (κ2) is 7.27. The second-order valence-electron chi connectivity index (χ2n) is 3.60. The van der Waals surface area contributed by atoms with Gasteiger partial charge in [0.1, 0.15) is 11.9 Å². The van der Waals surface area contributed by atoms with E-state index in [-0.39, 0.29) is 24.5 Å². The third kappa shape index (κ3) is 4.51. The molecule has 1 unspecified atom stereocenters. The summed E-state index contributed by atoms with van der Waals surface area (Å²) >= 11 is 0. The number of esters is 1. The Morgan fingerprint density at radius 3 is 2.74 bits per heavy atom. The van der Waals surface area contributed by atoms with Gasteiger partial charge in [-0.05, 0) is 0 Å². The number of nitrogens with zero attached hydrogens (tertiary/aromatic N) is 2. The van der Waals surface area contributed by atoms with Crippen molar-refractivity contribution in [1.82, 2.24) is 9.97 Å². The summed E-state index contributed by atoms with van der Waals surface area (Å²) in [6, 6.07) is -0.873. The topological polar surface area (TPSA) is 111 Å². The summed E-state index contributed by atoms with van der Waals surface area (Å²) in [5, 5.41) is 11.7. The number of hydrogen-bond acceptors (Lipinski definition) is 7. The van der Waals surface area contributed by atoms with Crippen molar-refractivity contribution in [3.8, 4) is 0 Å². The Balaban J connectivity index is 2.78. The number of aliphatic carboxylic acids is 1. The van der Waals surface area contributed by atoms with E-state index in [0.29, 0.717) is 0 Å². The van der Waals surface area contributed by atoms with Crippen LogP contribution in [0.2, 0.25) is 0 Å². The first kappa shape index (κ1) is 14.8. The maximum atomic E-state index is 11.3. The molecule has 0 amide bonds. The van der Waals surface area contributed by atoms with Crippen LogP contribution in [-0.4, -0.2) is 53.9 Å². The lowest BCUT2D eigenvalue weighted by atomic mass is 10.2. The van der Waals surface area contributed by atoms with E-state index in [1.807, 2.05) is 0 Å². The summed E-state index contributed by atoms with van der Waals surface area (Å²) in [6.07, 6.45) is 2.83. The van der Waals surface area contributed by atoms with Crippen LogP contribution in [0.1, 0.15) is 16.9 Å². The fraction of sp³-hybridized carbons (Fsp3) is 0.455. The molecule has 1 aromatic rings. The van der Waals surface area contributed by atoms with Crippen LogP contribution < -0.4 is 5.32 Å². The first-order valence-corrected chi connectivity index (χ1v) is 5.47. The highest BCUT2D eigenvalue weighted by molar-refractivity contribution is 5.87. The van der Waals surface area contributed by atoms with Crippen LogP contribution in [0, 0.1) is 0 Å². The van der Waals surface area contributed by atoms with E-state index in [4.69, 9.17) is 9.84 Å². The van der Waals surface area contributed by atoms with E-state index in [0.717, 1.165) is 0 Å². The fourth-order valence-corrected chi connectivity index (χ4v) is 1.31. The SMILES string of the molecule is COCCC(Nc1cncc(C(=O)OC)n1)C(=O)O. The Hall–Kier alpha value is -2.22. The highest BCUT2D eigenvalue weighted by Crippen LogP contribution is 2.07. The summed E-state index contributed by atoms with van der Waals surface area (Å²) < 4.78 is 9.33. The molecule has 8 heteroatoms. The molecule has 0 aliphatic carbocycles. The van der Waals surface area contributed by atoms with Gasteiger partial charge in [0.15, 0.2) is 5.69 Å². The zero-order chi connectivity index (χ0) is 14.3. The van der Waals surface area contributed by atoms with Crippen LogP contribution in [0.25, 0.3) is 0 Å². The molecular weight excluding hydrogens is 254 g/mol. The van der Waals surface area contributed by atoms with E-state index < -0.39 is 18.0 Å². The number of nitrogens with one attached hydrogen (secondary N) is 1. The number of carbonyl (C=O) groups is 2. The summed E-state index contributed by atoms with van der Waals surface area (Å²) in [7, 11) is 2.71.